The van der Waals surface area contributed by atoms with Crippen molar-refractivity contribution in [2.75, 3.05) is 26.2 Å². The maximum absolute atomic E-state index is 13.3. The van der Waals surface area contributed by atoms with E-state index in [-0.39, 0.29) is 18.1 Å². The molecule has 0 aliphatic carbocycles. The maximum Gasteiger partial charge on any atom is 0.256 e. The van der Waals surface area contributed by atoms with Gasteiger partial charge in [0.05, 0.1) is 12.7 Å². The Morgan fingerprint density at radius 2 is 1.93 bits per heavy atom. The highest BCUT2D eigenvalue weighted by Crippen LogP contribution is 2.32. The molecule has 0 saturated carbocycles. The Kier molecular flexibility index (Phi) is 6.43. The molecular formula is C22H34N2O3. The molecule has 1 atom stereocenters. The summed E-state index contributed by atoms with van der Waals surface area (Å²) in [6.07, 6.45) is 3.05. The number of benzene rings is 1. The number of carbonyl (C=O) groups excluding carboxylic acids is 1. The van der Waals surface area contributed by atoms with E-state index in [4.69, 9.17) is 9.47 Å². The van der Waals surface area contributed by atoms with E-state index in [0.29, 0.717) is 13.2 Å². The molecule has 27 heavy (non-hydrogen) atoms. The summed E-state index contributed by atoms with van der Waals surface area (Å²) in [4.78, 5) is 17.7. The highest BCUT2D eigenvalue weighted by molar-refractivity contribution is 5.86. The number of rotatable bonds is 5. The Labute approximate surface area is 163 Å². The predicted octanol–water partition coefficient (Wildman–Crippen LogP) is 3.47. The molecule has 2 saturated heterocycles. The molecule has 0 radical (unpaired) electrons. The third-order valence-corrected chi connectivity index (χ3v) is 5.50. The van der Waals surface area contributed by atoms with E-state index >= 15 is 0 Å². The van der Waals surface area contributed by atoms with Crippen molar-refractivity contribution >= 4 is 5.91 Å². The molecule has 2 fully saturated rings. The molecule has 1 unspecified atom stereocenters. The average Bonchev–Trinajstić information content (AvgIpc) is 2.77. The van der Waals surface area contributed by atoms with Crippen molar-refractivity contribution < 1.29 is 14.3 Å². The largest absolute Gasteiger partial charge is 0.491 e. The van der Waals surface area contributed by atoms with Gasteiger partial charge < -0.3 is 14.4 Å². The Morgan fingerprint density at radius 1 is 1.15 bits per heavy atom. The molecule has 1 amide bonds. The van der Waals surface area contributed by atoms with E-state index in [1.165, 1.54) is 5.56 Å². The second-order valence-electron chi connectivity index (χ2n) is 8.38. The number of carbonyl (C=O) groups is 1. The van der Waals surface area contributed by atoms with Crippen molar-refractivity contribution in [3.05, 3.63) is 29.8 Å². The number of morpholine rings is 1. The first kappa shape index (κ1) is 20.2. The van der Waals surface area contributed by atoms with Crippen LogP contribution in [0.5, 0.6) is 5.75 Å². The van der Waals surface area contributed by atoms with E-state index in [9.17, 15) is 4.79 Å². The Bertz CT molecular complexity index is 646. The van der Waals surface area contributed by atoms with Crippen LogP contribution in [0.1, 0.15) is 52.5 Å². The highest BCUT2D eigenvalue weighted by Gasteiger charge is 2.47. The molecule has 0 aromatic heterocycles. The van der Waals surface area contributed by atoms with Gasteiger partial charge >= 0.3 is 0 Å². The number of nitrogens with zero attached hydrogens (tertiary/aromatic N) is 2. The minimum absolute atomic E-state index is 0.144. The third kappa shape index (κ3) is 4.64. The average molecular weight is 375 g/mol. The molecule has 0 bridgehead atoms. The lowest BCUT2D eigenvalue weighted by molar-refractivity contribution is -0.172. The van der Waals surface area contributed by atoms with Crippen LogP contribution in [0, 0.1) is 0 Å². The predicted molar refractivity (Wildman–Crippen MR) is 107 cm³/mol. The fraction of sp³-hybridized carbons (Fsp3) is 0.682. The molecule has 5 heteroatoms. The van der Waals surface area contributed by atoms with Crippen LogP contribution in [0.2, 0.25) is 0 Å². The number of likely N-dealkylation sites (tertiary alicyclic amines) is 1. The van der Waals surface area contributed by atoms with E-state index in [2.05, 4.69) is 30.9 Å². The molecule has 2 heterocycles. The molecule has 1 spiro atoms. The van der Waals surface area contributed by atoms with Crippen LogP contribution in [-0.2, 0) is 16.1 Å². The number of amides is 1. The van der Waals surface area contributed by atoms with Gasteiger partial charge in [0.15, 0.2) is 5.60 Å². The maximum atomic E-state index is 13.3. The van der Waals surface area contributed by atoms with Crippen molar-refractivity contribution in [3.8, 4) is 5.75 Å². The highest BCUT2D eigenvalue weighted by atomic mass is 16.5. The lowest BCUT2D eigenvalue weighted by atomic mass is 9.93. The minimum Gasteiger partial charge on any atom is -0.491 e. The lowest BCUT2D eigenvalue weighted by Crippen LogP contribution is -2.60. The molecule has 0 N–H and O–H groups in total. The summed E-state index contributed by atoms with van der Waals surface area (Å²) in [7, 11) is 0. The van der Waals surface area contributed by atoms with Gasteiger partial charge in [0.1, 0.15) is 5.75 Å². The summed E-state index contributed by atoms with van der Waals surface area (Å²) in [5.74, 6) is 1.11. The van der Waals surface area contributed by atoms with Crippen LogP contribution < -0.4 is 4.74 Å². The molecule has 2 aliphatic heterocycles. The van der Waals surface area contributed by atoms with Gasteiger partial charge in [-0.2, -0.15) is 0 Å². The van der Waals surface area contributed by atoms with Gasteiger partial charge in [-0.1, -0.05) is 18.2 Å². The van der Waals surface area contributed by atoms with Gasteiger partial charge in [-0.3, -0.25) is 9.69 Å². The molecular weight excluding hydrogens is 340 g/mol. The van der Waals surface area contributed by atoms with Crippen LogP contribution in [0.25, 0.3) is 0 Å². The van der Waals surface area contributed by atoms with Crippen molar-refractivity contribution in [3.63, 3.8) is 0 Å². The topological polar surface area (TPSA) is 42.0 Å². The van der Waals surface area contributed by atoms with Crippen molar-refractivity contribution in [2.24, 2.45) is 0 Å². The fourth-order valence-corrected chi connectivity index (χ4v) is 4.17. The summed E-state index contributed by atoms with van der Waals surface area (Å²) in [6.45, 7) is 12.0. The summed E-state index contributed by atoms with van der Waals surface area (Å²) in [5.41, 5.74) is 0.484. The molecule has 3 rings (SSSR count). The number of ether oxygens (including phenoxy) is 2. The van der Waals surface area contributed by atoms with Crippen molar-refractivity contribution in [1.82, 2.24) is 9.80 Å². The normalized spacial score (nSPS) is 24.7. The van der Waals surface area contributed by atoms with Crippen LogP contribution in [0.15, 0.2) is 24.3 Å². The second kappa shape index (κ2) is 8.61. The van der Waals surface area contributed by atoms with Crippen LogP contribution >= 0.6 is 0 Å². The minimum atomic E-state index is -0.688. The SMILES string of the molecule is CC(C)Oc1ccccc1CN1CCOC2(CCCCN(C(C)C)C2=O)C1. The Morgan fingerprint density at radius 3 is 2.67 bits per heavy atom. The first-order chi connectivity index (χ1) is 12.9. The van der Waals surface area contributed by atoms with Gasteiger partial charge in [-0.15, -0.1) is 0 Å². The second-order valence-corrected chi connectivity index (χ2v) is 8.38. The van der Waals surface area contributed by atoms with E-state index in [1.54, 1.807) is 0 Å². The summed E-state index contributed by atoms with van der Waals surface area (Å²) >= 11 is 0. The molecule has 5 nitrogen and oxygen atoms in total. The first-order valence-corrected chi connectivity index (χ1v) is 10.3. The monoisotopic (exact) mass is 374 g/mol. The zero-order valence-electron chi connectivity index (χ0n) is 17.2. The third-order valence-electron chi connectivity index (χ3n) is 5.50. The number of para-hydroxylation sites is 1. The zero-order valence-corrected chi connectivity index (χ0v) is 17.2. The van der Waals surface area contributed by atoms with Gasteiger partial charge in [-0.25, -0.2) is 0 Å². The summed E-state index contributed by atoms with van der Waals surface area (Å²) in [5, 5.41) is 0. The van der Waals surface area contributed by atoms with Crippen molar-refractivity contribution in [2.45, 2.75) is 71.2 Å². The quantitative estimate of drug-likeness (QED) is 0.791. The zero-order chi connectivity index (χ0) is 19.4. The molecule has 1 aromatic carbocycles. The summed E-state index contributed by atoms with van der Waals surface area (Å²) in [6, 6.07) is 8.43. The fourth-order valence-electron chi connectivity index (χ4n) is 4.17. The Hall–Kier alpha value is -1.59. The molecule has 150 valence electrons. The van der Waals surface area contributed by atoms with Crippen LogP contribution in [0.3, 0.4) is 0 Å². The first-order valence-electron chi connectivity index (χ1n) is 10.3. The van der Waals surface area contributed by atoms with Crippen LogP contribution in [0.4, 0.5) is 0 Å². The smallest absolute Gasteiger partial charge is 0.256 e. The van der Waals surface area contributed by atoms with E-state index in [0.717, 1.165) is 44.6 Å². The van der Waals surface area contributed by atoms with Gasteiger partial charge in [-0.05, 0) is 53.0 Å². The lowest BCUT2D eigenvalue weighted by Gasteiger charge is -2.43. The molecule has 1 aromatic rings. The van der Waals surface area contributed by atoms with E-state index in [1.807, 2.05) is 30.9 Å². The van der Waals surface area contributed by atoms with Crippen LogP contribution in [-0.4, -0.2) is 59.7 Å². The van der Waals surface area contributed by atoms with Crippen molar-refractivity contribution in [1.29, 1.82) is 0 Å². The number of hydrogen-bond acceptors (Lipinski definition) is 4. The van der Waals surface area contributed by atoms with Gasteiger partial charge in [0.25, 0.3) is 5.91 Å². The standard InChI is InChI=1S/C22H34N2O3/c1-17(2)24-12-8-7-11-22(21(24)25)16-23(13-14-26-22)15-19-9-5-6-10-20(19)27-18(3)4/h5-6,9-10,17-18H,7-8,11-16H2,1-4H3. The summed E-state index contributed by atoms with van der Waals surface area (Å²) < 4.78 is 12.2. The number of hydrogen-bond donors (Lipinski definition) is 0. The van der Waals surface area contributed by atoms with Gasteiger partial charge in [0, 0.05) is 37.8 Å². The Balaban J connectivity index is 1.77. The van der Waals surface area contributed by atoms with Gasteiger partial charge in [0.2, 0.25) is 0 Å². The molecule has 2 aliphatic rings. The van der Waals surface area contributed by atoms with E-state index < -0.39 is 5.60 Å².